The van der Waals surface area contributed by atoms with Crippen LogP contribution in [0.5, 0.6) is 11.5 Å². The van der Waals surface area contributed by atoms with Gasteiger partial charge in [0.25, 0.3) is 0 Å². The molecule has 25 heavy (non-hydrogen) atoms. The molecule has 0 spiro atoms. The summed E-state index contributed by atoms with van der Waals surface area (Å²) >= 11 is 1.60. The molecule has 0 radical (unpaired) electrons. The maximum atomic E-state index is 12.5. The molecule has 0 atom stereocenters. The van der Waals surface area contributed by atoms with Crippen LogP contribution in [0.15, 0.2) is 57.1 Å². The van der Waals surface area contributed by atoms with Crippen LogP contribution in [0, 0.1) is 0 Å². The first kappa shape index (κ1) is 15.7. The minimum absolute atomic E-state index is 0.0485. The Bertz CT molecular complexity index is 1140. The average molecular weight is 352 g/mol. The third kappa shape index (κ3) is 2.76. The molecule has 0 aliphatic rings. The van der Waals surface area contributed by atoms with Crippen LogP contribution >= 0.6 is 11.3 Å². The van der Waals surface area contributed by atoms with E-state index in [0.29, 0.717) is 17.1 Å². The fourth-order valence-corrected chi connectivity index (χ4v) is 3.84. The molecule has 0 aliphatic heterocycles. The molecule has 4 rings (SSSR count). The summed E-state index contributed by atoms with van der Waals surface area (Å²) in [6.45, 7) is 3.79. The van der Waals surface area contributed by atoms with E-state index in [2.05, 4.69) is 0 Å². The molecule has 4 nitrogen and oxygen atoms in total. The van der Waals surface area contributed by atoms with Gasteiger partial charge < -0.3 is 14.3 Å². The summed E-state index contributed by atoms with van der Waals surface area (Å²) in [6.07, 6.45) is -0.0485. The highest BCUT2D eigenvalue weighted by atomic mass is 32.1. The lowest BCUT2D eigenvalue weighted by Gasteiger charge is -2.11. The molecule has 0 saturated carbocycles. The Kier molecular flexibility index (Phi) is 3.73. The Morgan fingerprint density at radius 1 is 1.16 bits per heavy atom. The molecule has 0 saturated heterocycles. The standard InChI is InChI=1S/C20H16O4S/c1-11(2)23-12-7-15(21)20-16(22)9-17(24-18(20)8-12)14-10-25-19-6-4-3-5-13(14)19/h3-11,21H,1-2H3. The van der Waals surface area contributed by atoms with Gasteiger partial charge in [-0.3, -0.25) is 4.79 Å². The normalized spacial score (nSPS) is 11.5. The molecule has 4 aromatic rings. The first-order valence-corrected chi connectivity index (χ1v) is 8.85. The van der Waals surface area contributed by atoms with Crippen LogP contribution in [0.4, 0.5) is 0 Å². The molecule has 2 aromatic carbocycles. The number of aromatic hydroxyl groups is 1. The number of rotatable bonds is 3. The van der Waals surface area contributed by atoms with Gasteiger partial charge >= 0.3 is 0 Å². The summed E-state index contributed by atoms with van der Waals surface area (Å²) in [6, 6.07) is 12.5. The minimum Gasteiger partial charge on any atom is -0.507 e. The summed E-state index contributed by atoms with van der Waals surface area (Å²) in [5.41, 5.74) is 0.905. The maximum Gasteiger partial charge on any atom is 0.197 e. The molecule has 5 heteroatoms. The van der Waals surface area contributed by atoms with E-state index in [0.717, 1.165) is 15.6 Å². The Hall–Kier alpha value is -2.79. The number of ether oxygens (including phenoxy) is 1. The molecule has 0 fully saturated rings. The van der Waals surface area contributed by atoms with Crippen molar-refractivity contribution >= 4 is 32.4 Å². The predicted octanol–water partition coefficient (Wildman–Crippen LogP) is 5.17. The highest BCUT2D eigenvalue weighted by molar-refractivity contribution is 7.17. The number of benzene rings is 2. The highest BCUT2D eigenvalue weighted by Gasteiger charge is 2.15. The summed E-state index contributed by atoms with van der Waals surface area (Å²) in [7, 11) is 0. The maximum absolute atomic E-state index is 12.5. The number of hydrogen-bond donors (Lipinski definition) is 1. The predicted molar refractivity (Wildman–Crippen MR) is 101 cm³/mol. The molecular weight excluding hydrogens is 336 g/mol. The van der Waals surface area contributed by atoms with E-state index >= 15 is 0 Å². The van der Waals surface area contributed by atoms with E-state index in [1.54, 1.807) is 17.4 Å². The van der Waals surface area contributed by atoms with Gasteiger partial charge in [0.1, 0.15) is 28.2 Å². The Morgan fingerprint density at radius 3 is 2.76 bits per heavy atom. The SMILES string of the molecule is CC(C)Oc1cc(O)c2c(=O)cc(-c3csc4ccccc34)oc2c1. The lowest BCUT2D eigenvalue weighted by molar-refractivity contribution is 0.241. The van der Waals surface area contributed by atoms with Crippen molar-refractivity contribution < 1.29 is 14.3 Å². The van der Waals surface area contributed by atoms with Crippen LogP contribution < -0.4 is 10.2 Å². The lowest BCUT2D eigenvalue weighted by atomic mass is 10.1. The number of hydrogen-bond acceptors (Lipinski definition) is 5. The number of thiophene rings is 1. The van der Waals surface area contributed by atoms with Gasteiger partial charge in [0.05, 0.1) is 6.10 Å². The van der Waals surface area contributed by atoms with Gasteiger partial charge in [0.2, 0.25) is 0 Å². The molecule has 0 bridgehead atoms. The van der Waals surface area contributed by atoms with Gasteiger partial charge in [0, 0.05) is 39.2 Å². The number of fused-ring (bicyclic) bond motifs is 2. The van der Waals surface area contributed by atoms with E-state index in [1.807, 2.05) is 43.5 Å². The fraction of sp³-hybridized carbons (Fsp3) is 0.150. The second-order valence-corrected chi connectivity index (χ2v) is 7.01. The first-order valence-electron chi connectivity index (χ1n) is 7.97. The monoisotopic (exact) mass is 352 g/mol. The van der Waals surface area contributed by atoms with Gasteiger partial charge in [-0.25, -0.2) is 0 Å². The quantitative estimate of drug-likeness (QED) is 0.553. The second kappa shape index (κ2) is 5.93. The molecule has 2 heterocycles. The van der Waals surface area contributed by atoms with Crippen molar-refractivity contribution in [1.29, 1.82) is 0 Å². The topological polar surface area (TPSA) is 59.7 Å². The van der Waals surface area contributed by atoms with Crippen LogP contribution in [0.25, 0.3) is 32.4 Å². The number of phenolic OH excluding ortho intramolecular Hbond substituents is 1. The molecule has 1 N–H and O–H groups in total. The molecule has 126 valence electrons. The molecule has 0 unspecified atom stereocenters. The van der Waals surface area contributed by atoms with E-state index in [-0.39, 0.29) is 22.7 Å². The van der Waals surface area contributed by atoms with Crippen molar-refractivity contribution in [1.82, 2.24) is 0 Å². The van der Waals surface area contributed by atoms with Crippen molar-refractivity contribution in [2.75, 3.05) is 0 Å². The van der Waals surface area contributed by atoms with E-state index in [4.69, 9.17) is 9.15 Å². The Labute approximate surface area is 147 Å². The van der Waals surface area contributed by atoms with Gasteiger partial charge in [-0.1, -0.05) is 18.2 Å². The molecule has 2 aromatic heterocycles. The van der Waals surface area contributed by atoms with Crippen LogP contribution in [0.2, 0.25) is 0 Å². The Balaban J connectivity index is 1.95. The summed E-state index contributed by atoms with van der Waals surface area (Å²) in [5, 5.41) is 13.4. The average Bonchev–Trinajstić information content (AvgIpc) is 2.97. The zero-order valence-corrected chi connectivity index (χ0v) is 14.6. The molecular formula is C20H16O4S. The summed E-state index contributed by atoms with van der Waals surface area (Å²) in [5.74, 6) is 0.815. The highest BCUT2D eigenvalue weighted by Crippen LogP contribution is 2.36. The van der Waals surface area contributed by atoms with Crippen molar-refractivity contribution in [3.63, 3.8) is 0 Å². The van der Waals surface area contributed by atoms with Crippen LogP contribution in [0.1, 0.15) is 13.8 Å². The minimum atomic E-state index is -0.278. The lowest BCUT2D eigenvalue weighted by Crippen LogP contribution is -2.06. The van der Waals surface area contributed by atoms with Gasteiger partial charge in [-0.05, 0) is 19.9 Å². The van der Waals surface area contributed by atoms with Crippen LogP contribution in [-0.4, -0.2) is 11.2 Å². The van der Waals surface area contributed by atoms with Crippen LogP contribution in [-0.2, 0) is 0 Å². The Morgan fingerprint density at radius 2 is 1.96 bits per heavy atom. The third-order valence-electron chi connectivity index (χ3n) is 3.90. The van der Waals surface area contributed by atoms with Crippen molar-refractivity contribution in [2.24, 2.45) is 0 Å². The number of phenols is 1. The summed E-state index contributed by atoms with van der Waals surface area (Å²) in [4.78, 5) is 12.5. The summed E-state index contributed by atoms with van der Waals surface area (Å²) < 4.78 is 12.7. The smallest absolute Gasteiger partial charge is 0.197 e. The fourth-order valence-electron chi connectivity index (χ4n) is 2.89. The first-order chi connectivity index (χ1) is 12.0. The van der Waals surface area contributed by atoms with Crippen molar-refractivity contribution in [3.05, 3.63) is 58.1 Å². The van der Waals surface area contributed by atoms with Crippen molar-refractivity contribution in [3.8, 4) is 22.8 Å². The molecule has 0 amide bonds. The van der Waals surface area contributed by atoms with E-state index in [9.17, 15) is 9.90 Å². The third-order valence-corrected chi connectivity index (χ3v) is 4.87. The van der Waals surface area contributed by atoms with E-state index < -0.39 is 0 Å². The zero-order chi connectivity index (χ0) is 17.6. The van der Waals surface area contributed by atoms with Gasteiger partial charge in [0.15, 0.2) is 5.43 Å². The molecule has 0 aliphatic carbocycles. The van der Waals surface area contributed by atoms with Crippen molar-refractivity contribution in [2.45, 2.75) is 20.0 Å². The van der Waals surface area contributed by atoms with Gasteiger partial charge in [-0.15, -0.1) is 11.3 Å². The van der Waals surface area contributed by atoms with Crippen LogP contribution in [0.3, 0.4) is 0 Å². The largest absolute Gasteiger partial charge is 0.507 e. The second-order valence-electron chi connectivity index (χ2n) is 6.10. The van der Waals surface area contributed by atoms with E-state index in [1.165, 1.54) is 12.1 Å². The zero-order valence-electron chi connectivity index (χ0n) is 13.8. The van der Waals surface area contributed by atoms with Gasteiger partial charge in [-0.2, -0.15) is 0 Å².